The Morgan fingerprint density at radius 2 is 1.38 bits per heavy atom. The lowest BCUT2D eigenvalue weighted by molar-refractivity contribution is 0.273. The van der Waals surface area contributed by atoms with Crippen molar-refractivity contribution in [3.8, 4) is 0 Å². The van der Waals surface area contributed by atoms with E-state index in [1.807, 2.05) is 0 Å². The van der Waals surface area contributed by atoms with Crippen molar-refractivity contribution >= 4 is 0 Å². The van der Waals surface area contributed by atoms with Crippen molar-refractivity contribution in [2.45, 2.75) is 74.3 Å². The van der Waals surface area contributed by atoms with Gasteiger partial charge in [0.2, 0.25) is 0 Å². The molecule has 0 fully saturated rings. The standard InChI is InChI=1S/C15H33N/c1-12(9-10-14(3,4)5)13(2)16-11-15(6,7)8/h12-13,16H,9-11H2,1-8H3. The smallest absolute Gasteiger partial charge is 0.00645 e. The first-order valence-electron chi connectivity index (χ1n) is 6.75. The van der Waals surface area contributed by atoms with Crippen molar-refractivity contribution in [3.05, 3.63) is 0 Å². The molecule has 0 aliphatic rings. The average molecular weight is 227 g/mol. The molecule has 0 aromatic carbocycles. The fourth-order valence-electron chi connectivity index (χ4n) is 1.58. The summed E-state index contributed by atoms with van der Waals surface area (Å²) in [6.07, 6.45) is 2.64. The summed E-state index contributed by atoms with van der Waals surface area (Å²) in [5.41, 5.74) is 0.857. The zero-order chi connectivity index (χ0) is 13.0. The third kappa shape index (κ3) is 9.21. The van der Waals surface area contributed by atoms with Crippen LogP contribution in [0.4, 0.5) is 0 Å². The number of rotatable bonds is 5. The van der Waals surface area contributed by atoms with Gasteiger partial charge in [-0.3, -0.25) is 0 Å². The van der Waals surface area contributed by atoms with Crippen LogP contribution in [0.2, 0.25) is 0 Å². The molecule has 0 aromatic rings. The highest BCUT2D eigenvalue weighted by Crippen LogP contribution is 2.25. The van der Waals surface area contributed by atoms with E-state index in [-0.39, 0.29) is 0 Å². The maximum Gasteiger partial charge on any atom is 0.00645 e. The van der Waals surface area contributed by atoms with E-state index in [1.54, 1.807) is 0 Å². The third-order valence-electron chi connectivity index (χ3n) is 3.16. The molecule has 0 heterocycles. The minimum absolute atomic E-state index is 0.387. The topological polar surface area (TPSA) is 12.0 Å². The lowest BCUT2D eigenvalue weighted by Crippen LogP contribution is -2.38. The summed E-state index contributed by atoms with van der Waals surface area (Å²) in [4.78, 5) is 0. The van der Waals surface area contributed by atoms with Crippen molar-refractivity contribution in [1.82, 2.24) is 5.32 Å². The Labute approximate surface area is 103 Å². The fourth-order valence-corrected chi connectivity index (χ4v) is 1.58. The van der Waals surface area contributed by atoms with Crippen molar-refractivity contribution in [2.75, 3.05) is 6.54 Å². The third-order valence-corrected chi connectivity index (χ3v) is 3.16. The highest BCUT2D eigenvalue weighted by atomic mass is 14.9. The molecular weight excluding hydrogens is 194 g/mol. The van der Waals surface area contributed by atoms with Crippen molar-refractivity contribution in [3.63, 3.8) is 0 Å². The van der Waals surface area contributed by atoms with Crippen molar-refractivity contribution in [1.29, 1.82) is 0 Å². The largest absolute Gasteiger partial charge is 0.313 e. The molecule has 0 rings (SSSR count). The Morgan fingerprint density at radius 3 is 1.75 bits per heavy atom. The van der Waals surface area contributed by atoms with Gasteiger partial charge < -0.3 is 5.32 Å². The summed E-state index contributed by atoms with van der Waals surface area (Å²) in [6, 6.07) is 0.626. The Kier molecular flexibility index (Phi) is 6.03. The number of nitrogens with one attached hydrogen (secondary N) is 1. The minimum atomic E-state index is 0.387. The fraction of sp³-hybridized carbons (Fsp3) is 1.00. The van der Waals surface area contributed by atoms with Crippen LogP contribution in [0.25, 0.3) is 0 Å². The van der Waals surface area contributed by atoms with E-state index in [1.165, 1.54) is 12.8 Å². The quantitative estimate of drug-likeness (QED) is 0.730. The van der Waals surface area contributed by atoms with Crippen LogP contribution < -0.4 is 5.32 Å². The average Bonchev–Trinajstić information content (AvgIpc) is 2.07. The summed E-state index contributed by atoms with van der Waals surface area (Å²) in [5, 5.41) is 3.66. The van der Waals surface area contributed by atoms with Gasteiger partial charge in [-0.15, -0.1) is 0 Å². The van der Waals surface area contributed by atoms with Gasteiger partial charge in [-0.05, 0) is 36.5 Å². The molecule has 1 heteroatoms. The van der Waals surface area contributed by atoms with Gasteiger partial charge in [0, 0.05) is 12.6 Å². The predicted molar refractivity (Wildman–Crippen MR) is 74.8 cm³/mol. The molecule has 0 saturated heterocycles. The first-order valence-corrected chi connectivity index (χ1v) is 6.75. The maximum atomic E-state index is 3.66. The normalized spacial score (nSPS) is 17.2. The highest BCUT2D eigenvalue weighted by Gasteiger charge is 2.18. The van der Waals surface area contributed by atoms with E-state index < -0.39 is 0 Å². The summed E-state index contributed by atoms with van der Waals surface area (Å²) in [5.74, 6) is 0.765. The molecule has 2 atom stereocenters. The van der Waals surface area contributed by atoms with E-state index in [0.717, 1.165) is 12.5 Å². The van der Waals surface area contributed by atoms with Crippen molar-refractivity contribution in [2.24, 2.45) is 16.7 Å². The molecule has 1 N–H and O–H groups in total. The Bertz CT molecular complexity index is 161. The van der Waals surface area contributed by atoms with Gasteiger partial charge in [0.05, 0.1) is 0 Å². The summed E-state index contributed by atoms with van der Waals surface area (Å²) < 4.78 is 0. The van der Waals surface area contributed by atoms with Crippen LogP contribution in [0, 0.1) is 16.7 Å². The second-order valence-corrected chi connectivity index (χ2v) is 7.81. The van der Waals surface area contributed by atoms with Crippen LogP contribution in [0.15, 0.2) is 0 Å². The van der Waals surface area contributed by atoms with Gasteiger partial charge in [0.15, 0.2) is 0 Å². The Balaban J connectivity index is 3.86. The zero-order valence-corrected chi connectivity index (χ0v) is 12.8. The zero-order valence-electron chi connectivity index (χ0n) is 12.8. The van der Waals surface area contributed by atoms with Gasteiger partial charge in [-0.25, -0.2) is 0 Å². The molecule has 2 unspecified atom stereocenters. The minimum Gasteiger partial charge on any atom is -0.313 e. The SMILES string of the molecule is CC(CCC(C)(C)C)C(C)NCC(C)(C)C. The van der Waals surface area contributed by atoms with Gasteiger partial charge >= 0.3 is 0 Å². The van der Waals surface area contributed by atoms with Crippen LogP contribution in [0.1, 0.15) is 68.2 Å². The van der Waals surface area contributed by atoms with Crippen LogP contribution in [0.3, 0.4) is 0 Å². The molecule has 0 radical (unpaired) electrons. The summed E-state index contributed by atoms with van der Waals surface area (Å²) in [7, 11) is 0. The van der Waals surface area contributed by atoms with Crippen LogP contribution in [0.5, 0.6) is 0 Å². The second-order valence-electron chi connectivity index (χ2n) is 7.81. The first-order chi connectivity index (χ1) is 7.01. The van der Waals surface area contributed by atoms with Gasteiger partial charge in [-0.1, -0.05) is 48.5 Å². The van der Waals surface area contributed by atoms with Crippen LogP contribution >= 0.6 is 0 Å². The number of hydrogen-bond acceptors (Lipinski definition) is 1. The summed E-state index contributed by atoms with van der Waals surface area (Å²) >= 11 is 0. The van der Waals surface area contributed by atoms with E-state index in [4.69, 9.17) is 0 Å². The predicted octanol–water partition coefficient (Wildman–Crippen LogP) is 4.47. The van der Waals surface area contributed by atoms with E-state index in [0.29, 0.717) is 16.9 Å². The molecule has 0 saturated carbocycles. The molecule has 1 nitrogen and oxygen atoms in total. The molecule has 0 aliphatic carbocycles. The second kappa shape index (κ2) is 6.05. The van der Waals surface area contributed by atoms with Gasteiger partial charge in [0.1, 0.15) is 0 Å². The van der Waals surface area contributed by atoms with E-state index in [2.05, 4.69) is 60.7 Å². The first kappa shape index (κ1) is 16.0. The molecule has 98 valence electrons. The van der Waals surface area contributed by atoms with Crippen molar-refractivity contribution < 1.29 is 0 Å². The monoisotopic (exact) mass is 227 g/mol. The highest BCUT2D eigenvalue weighted by molar-refractivity contribution is 4.74. The lowest BCUT2D eigenvalue weighted by Gasteiger charge is -2.28. The maximum absolute atomic E-state index is 3.66. The molecule has 0 aromatic heterocycles. The van der Waals surface area contributed by atoms with Gasteiger partial charge in [-0.2, -0.15) is 0 Å². The molecular formula is C15H33N. The number of hydrogen-bond donors (Lipinski definition) is 1. The molecule has 16 heavy (non-hydrogen) atoms. The Morgan fingerprint density at radius 1 is 0.875 bits per heavy atom. The van der Waals surface area contributed by atoms with E-state index >= 15 is 0 Å². The van der Waals surface area contributed by atoms with E-state index in [9.17, 15) is 0 Å². The molecule has 0 aliphatic heterocycles. The van der Waals surface area contributed by atoms with Crippen LogP contribution in [-0.2, 0) is 0 Å². The Hall–Kier alpha value is -0.0400. The summed E-state index contributed by atoms with van der Waals surface area (Å²) in [6.45, 7) is 19.6. The molecule has 0 bridgehead atoms. The molecule has 0 spiro atoms. The van der Waals surface area contributed by atoms with Crippen LogP contribution in [-0.4, -0.2) is 12.6 Å². The van der Waals surface area contributed by atoms with Gasteiger partial charge in [0.25, 0.3) is 0 Å². The molecule has 0 amide bonds. The lowest BCUT2D eigenvalue weighted by atomic mass is 9.85.